The second-order valence-corrected chi connectivity index (χ2v) is 6.86. The van der Waals surface area contributed by atoms with Gasteiger partial charge in [-0.1, -0.05) is 41.5 Å². The Bertz CT molecular complexity index is 793. The van der Waals surface area contributed by atoms with Crippen LogP contribution in [0.5, 0.6) is 0 Å². The van der Waals surface area contributed by atoms with Gasteiger partial charge in [0.1, 0.15) is 9.88 Å². The Labute approximate surface area is 137 Å². The molecule has 21 heavy (non-hydrogen) atoms. The average molecular weight is 362 g/mol. The van der Waals surface area contributed by atoms with Gasteiger partial charge in [-0.15, -0.1) is 0 Å². The molecule has 0 saturated carbocycles. The fraction of sp³-hybridized carbons (Fsp3) is 0. The van der Waals surface area contributed by atoms with Crippen molar-refractivity contribution >= 4 is 56.1 Å². The zero-order valence-corrected chi connectivity index (χ0v) is 13.5. The van der Waals surface area contributed by atoms with Crippen molar-refractivity contribution < 1.29 is 8.42 Å². The second-order valence-electron chi connectivity index (χ2n) is 3.95. The molecule has 0 atom stereocenters. The summed E-state index contributed by atoms with van der Waals surface area (Å²) in [7, 11) is -3.83. The number of nitrogens with zero attached hydrogens (tertiary/aromatic N) is 1. The van der Waals surface area contributed by atoms with Crippen LogP contribution in [-0.2, 0) is 10.0 Å². The Balaban J connectivity index is 2.34. The number of hydrogen-bond acceptors (Lipinski definition) is 4. The van der Waals surface area contributed by atoms with E-state index in [0.717, 1.165) is 6.20 Å². The van der Waals surface area contributed by atoms with E-state index in [1.54, 1.807) is 12.1 Å². The fourth-order valence-electron chi connectivity index (χ4n) is 1.47. The molecule has 0 aliphatic carbocycles. The molecule has 1 aromatic carbocycles. The van der Waals surface area contributed by atoms with Gasteiger partial charge in [-0.05, 0) is 24.3 Å². The molecule has 3 N–H and O–H groups in total. The summed E-state index contributed by atoms with van der Waals surface area (Å²) in [6.45, 7) is 0. The maximum atomic E-state index is 12.2. The highest BCUT2D eigenvalue weighted by molar-refractivity contribution is 7.92. The number of rotatable bonds is 4. The normalized spacial score (nSPS) is 11.1. The predicted octanol–water partition coefficient (Wildman–Crippen LogP) is 2.82. The van der Waals surface area contributed by atoms with E-state index in [1.807, 2.05) is 0 Å². The highest BCUT2D eigenvalue weighted by Crippen LogP contribution is 2.31. The predicted molar refractivity (Wildman–Crippen MR) is 87.4 cm³/mol. The number of nitrogens with two attached hydrogens (primary N) is 1. The summed E-state index contributed by atoms with van der Waals surface area (Å²) in [6.07, 6.45) is 1.16. The number of hydrogen-bond donors (Lipinski definition) is 2. The molecule has 0 aliphatic rings. The van der Waals surface area contributed by atoms with E-state index in [2.05, 4.69) is 9.71 Å². The Morgan fingerprint density at radius 1 is 1.24 bits per heavy atom. The highest BCUT2D eigenvalue weighted by atomic mass is 35.5. The number of halogens is 2. The van der Waals surface area contributed by atoms with Crippen molar-refractivity contribution in [2.24, 2.45) is 5.73 Å². The van der Waals surface area contributed by atoms with E-state index >= 15 is 0 Å². The summed E-state index contributed by atoms with van der Waals surface area (Å²) < 4.78 is 26.8. The number of nitrogens with one attached hydrogen (secondary N) is 1. The molecular weight excluding hydrogens is 353 g/mol. The molecule has 0 fully saturated rings. The lowest BCUT2D eigenvalue weighted by atomic mass is 10.3. The van der Waals surface area contributed by atoms with Gasteiger partial charge in [0.05, 0.1) is 21.4 Å². The minimum atomic E-state index is -3.83. The molecule has 0 bridgehead atoms. The number of thiocarbonyl (C=S) groups is 1. The molecule has 0 saturated heterocycles. The molecule has 0 spiro atoms. The van der Waals surface area contributed by atoms with Crippen molar-refractivity contribution in [3.05, 3.63) is 52.3 Å². The van der Waals surface area contributed by atoms with Gasteiger partial charge in [-0.3, -0.25) is 9.71 Å². The first-order chi connectivity index (χ1) is 9.81. The topological polar surface area (TPSA) is 85.1 Å². The van der Waals surface area contributed by atoms with Gasteiger partial charge in [0.25, 0.3) is 10.0 Å². The standard InChI is InChI=1S/C12H9Cl2N3O2S2/c13-8-2-1-3-9(11(8)14)17-21(18,19)7-4-5-10(12(15)20)16-6-7/h1-6,17H,(H2,15,20). The summed E-state index contributed by atoms with van der Waals surface area (Å²) >= 11 is 16.5. The van der Waals surface area contributed by atoms with Crippen molar-refractivity contribution in [2.75, 3.05) is 4.72 Å². The maximum absolute atomic E-state index is 12.2. The average Bonchev–Trinajstić information content (AvgIpc) is 2.44. The summed E-state index contributed by atoms with van der Waals surface area (Å²) in [5, 5.41) is 0.370. The lowest BCUT2D eigenvalue weighted by molar-refractivity contribution is 0.601. The van der Waals surface area contributed by atoms with Crippen LogP contribution >= 0.6 is 35.4 Å². The zero-order valence-electron chi connectivity index (χ0n) is 10.4. The van der Waals surface area contributed by atoms with Crippen molar-refractivity contribution in [3.63, 3.8) is 0 Å². The smallest absolute Gasteiger partial charge is 0.263 e. The largest absolute Gasteiger partial charge is 0.388 e. The molecule has 2 aromatic rings. The molecule has 2 rings (SSSR count). The highest BCUT2D eigenvalue weighted by Gasteiger charge is 2.17. The van der Waals surface area contributed by atoms with Crippen molar-refractivity contribution in [3.8, 4) is 0 Å². The van der Waals surface area contributed by atoms with Crippen LogP contribution in [0.1, 0.15) is 5.69 Å². The first-order valence-corrected chi connectivity index (χ1v) is 8.18. The van der Waals surface area contributed by atoms with Gasteiger partial charge in [0.2, 0.25) is 0 Å². The van der Waals surface area contributed by atoms with Gasteiger partial charge < -0.3 is 5.73 Å². The van der Waals surface area contributed by atoms with Crippen LogP contribution in [0.2, 0.25) is 10.0 Å². The second kappa shape index (κ2) is 6.15. The molecule has 1 heterocycles. The number of benzene rings is 1. The molecule has 9 heteroatoms. The molecule has 0 radical (unpaired) electrons. The Kier molecular flexibility index (Phi) is 4.67. The molecule has 0 unspecified atom stereocenters. The van der Waals surface area contributed by atoms with Crippen LogP contribution in [0.3, 0.4) is 0 Å². The molecule has 0 amide bonds. The van der Waals surface area contributed by atoms with E-state index in [9.17, 15) is 8.42 Å². The van der Waals surface area contributed by atoms with Crippen LogP contribution < -0.4 is 10.5 Å². The van der Waals surface area contributed by atoms with Gasteiger partial charge in [0, 0.05) is 6.20 Å². The van der Waals surface area contributed by atoms with Gasteiger partial charge in [0.15, 0.2) is 0 Å². The third kappa shape index (κ3) is 3.62. The number of anilines is 1. The lowest BCUT2D eigenvalue weighted by Crippen LogP contribution is -2.15. The van der Waals surface area contributed by atoms with E-state index < -0.39 is 10.0 Å². The SMILES string of the molecule is NC(=S)c1ccc(S(=O)(=O)Nc2cccc(Cl)c2Cl)cn1. The summed E-state index contributed by atoms with van der Waals surface area (Å²) in [6, 6.07) is 7.42. The summed E-state index contributed by atoms with van der Waals surface area (Å²) in [5.41, 5.74) is 5.93. The van der Waals surface area contributed by atoms with E-state index in [4.69, 9.17) is 41.2 Å². The first-order valence-electron chi connectivity index (χ1n) is 5.54. The van der Waals surface area contributed by atoms with Crippen LogP contribution in [0, 0.1) is 0 Å². The van der Waals surface area contributed by atoms with Crippen molar-refractivity contribution in [1.82, 2.24) is 4.98 Å². The van der Waals surface area contributed by atoms with Crippen LogP contribution in [0.25, 0.3) is 0 Å². The van der Waals surface area contributed by atoms with E-state index in [-0.39, 0.29) is 25.6 Å². The van der Waals surface area contributed by atoms with E-state index in [1.165, 1.54) is 18.2 Å². The minimum absolute atomic E-state index is 0.0430. The van der Waals surface area contributed by atoms with E-state index in [0.29, 0.717) is 5.69 Å². The number of pyridine rings is 1. The Morgan fingerprint density at radius 3 is 2.52 bits per heavy atom. The third-order valence-corrected chi connectivity index (χ3v) is 4.87. The Hall–Kier alpha value is -1.41. The van der Waals surface area contributed by atoms with Crippen molar-refractivity contribution in [1.29, 1.82) is 0 Å². The molecule has 0 aliphatic heterocycles. The molecule has 5 nitrogen and oxygen atoms in total. The molecule has 110 valence electrons. The zero-order chi connectivity index (χ0) is 15.6. The van der Waals surface area contributed by atoms with Gasteiger partial charge >= 0.3 is 0 Å². The van der Waals surface area contributed by atoms with Crippen LogP contribution in [0.4, 0.5) is 5.69 Å². The van der Waals surface area contributed by atoms with Crippen molar-refractivity contribution in [2.45, 2.75) is 4.90 Å². The monoisotopic (exact) mass is 361 g/mol. The number of aromatic nitrogens is 1. The summed E-state index contributed by atoms with van der Waals surface area (Å²) in [5.74, 6) is 0. The van der Waals surface area contributed by atoms with Crippen LogP contribution in [0.15, 0.2) is 41.4 Å². The van der Waals surface area contributed by atoms with Gasteiger partial charge in [-0.2, -0.15) is 0 Å². The fourth-order valence-corrected chi connectivity index (χ4v) is 3.01. The first kappa shape index (κ1) is 16.0. The maximum Gasteiger partial charge on any atom is 0.263 e. The number of sulfonamides is 1. The molecular formula is C12H9Cl2N3O2S2. The van der Waals surface area contributed by atoms with Gasteiger partial charge in [-0.25, -0.2) is 8.42 Å². The lowest BCUT2D eigenvalue weighted by Gasteiger charge is -2.10. The summed E-state index contributed by atoms with van der Waals surface area (Å²) in [4.78, 5) is 3.93. The van der Waals surface area contributed by atoms with Crippen LogP contribution in [-0.4, -0.2) is 18.4 Å². The third-order valence-electron chi connectivity index (χ3n) is 2.50. The quantitative estimate of drug-likeness (QED) is 0.817. The molecule has 1 aromatic heterocycles. The minimum Gasteiger partial charge on any atom is -0.388 e. The Morgan fingerprint density at radius 2 is 1.95 bits per heavy atom.